The maximum absolute atomic E-state index is 13.8. The summed E-state index contributed by atoms with van der Waals surface area (Å²) in [5, 5.41) is 117. The first-order valence-electron chi connectivity index (χ1n) is 30.0. The van der Waals surface area contributed by atoms with Gasteiger partial charge in [-0.1, -0.05) is 119 Å². The number of cyclic esters (lactones) is 1. The van der Waals surface area contributed by atoms with Gasteiger partial charge in [0, 0.05) is 69.3 Å². The molecule has 2 saturated heterocycles. The highest BCUT2D eigenvalue weighted by Gasteiger charge is 2.51. The number of nitrogens with one attached hydrogen (secondary N) is 2. The number of carbonyl (C=O) groups is 4. The van der Waals surface area contributed by atoms with Gasteiger partial charge in [-0.2, -0.15) is 0 Å². The third-order valence-corrected chi connectivity index (χ3v) is 15.5. The van der Waals surface area contributed by atoms with Crippen LogP contribution in [-0.4, -0.2) is 186 Å². The molecule has 3 aliphatic rings. The lowest BCUT2D eigenvalue weighted by molar-refractivity contribution is -0.307. The Hall–Kier alpha value is -5.08. The Balaban J connectivity index is 1.57. The first kappa shape index (κ1) is 72.4. The van der Waals surface area contributed by atoms with Crippen LogP contribution in [0.2, 0.25) is 0 Å². The van der Waals surface area contributed by atoms with E-state index >= 15 is 0 Å². The van der Waals surface area contributed by atoms with E-state index in [9.17, 15) is 70.2 Å². The van der Waals surface area contributed by atoms with Gasteiger partial charge in [-0.05, 0) is 75.6 Å². The lowest BCUT2D eigenvalue weighted by Crippen LogP contribution is -2.62. The first-order chi connectivity index (χ1) is 40.4. The molecule has 0 saturated carbocycles. The molecule has 14 N–H and O–H groups in total. The Morgan fingerprint density at radius 1 is 0.729 bits per heavy atom. The van der Waals surface area contributed by atoms with E-state index in [0.717, 1.165) is 18.5 Å². The fraction of sp³-hybridized carbons (Fsp3) is 0.625. The Morgan fingerprint density at radius 2 is 1.31 bits per heavy atom. The van der Waals surface area contributed by atoms with Gasteiger partial charge in [0.2, 0.25) is 5.91 Å². The van der Waals surface area contributed by atoms with Gasteiger partial charge in [0.1, 0.15) is 18.0 Å². The average molecular weight is 1200 g/mol. The van der Waals surface area contributed by atoms with E-state index in [1.807, 2.05) is 26.8 Å². The van der Waals surface area contributed by atoms with Crippen LogP contribution in [0.15, 0.2) is 109 Å². The van der Waals surface area contributed by atoms with Crippen LogP contribution < -0.4 is 16.4 Å². The van der Waals surface area contributed by atoms with Crippen molar-refractivity contribution < 1.29 is 89.2 Å². The number of aliphatic hydroxyl groups is 10. The molecule has 2 fully saturated rings. The number of carbonyl (C=O) groups excluding carboxylic acids is 4. The topological polar surface area (TPSA) is 358 Å². The molecule has 0 aromatic heterocycles. The van der Waals surface area contributed by atoms with E-state index in [1.165, 1.54) is 0 Å². The largest absolute Gasteiger partial charge is 0.461 e. The molecule has 85 heavy (non-hydrogen) atoms. The second kappa shape index (κ2) is 37.6. The van der Waals surface area contributed by atoms with Gasteiger partial charge in [0.25, 0.3) is 0 Å². The molecule has 1 aromatic rings. The van der Waals surface area contributed by atoms with E-state index in [-0.39, 0.29) is 49.7 Å². The Bertz CT molecular complexity index is 2390. The highest BCUT2D eigenvalue weighted by atomic mass is 16.7. The minimum Gasteiger partial charge on any atom is -0.461 e. The summed E-state index contributed by atoms with van der Waals surface area (Å²) < 4.78 is 24.3. The van der Waals surface area contributed by atoms with Gasteiger partial charge in [-0.3, -0.25) is 19.2 Å². The summed E-state index contributed by atoms with van der Waals surface area (Å²) in [6.07, 6.45) is 5.96. The Kier molecular flexibility index (Phi) is 32.0. The number of esters is 1. The highest BCUT2D eigenvalue weighted by Crippen LogP contribution is 2.38. The van der Waals surface area contributed by atoms with Gasteiger partial charge in [-0.15, -0.1) is 0 Å². The van der Waals surface area contributed by atoms with E-state index in [0.29, 0.717) is 24.9 Å². The summed E-state index contributed by atoms with van der Waals surface area (Å²) in [5.41, 5.74) is 7.45. The van der Waals surface area contributed by atoms with Crippen molar-refractivity contribution in [3.05, 3.63) is 115 Å². The van der Waals surface area contributed by atoms with Crippen LogP contribution >= 0.6 is 0 Å². The van der Waals surface area contributed by atoms with E-state index in [4.69, 9.17) is 24.7 Å². The maximum Gasteiger partial charge on any atom is 0.308 e. The van der Waals surface area contributed by atoms with Crippen LogP contribution in [0.3, 0.4) is 0 Å². The summed E-state index contributed by atoms with van der Waals surface area (Å²) in [7, 11) is 1.77. The second-order valence-corrected chi connectivity index (χ2v) is 23.1. The standard InChI is InChI=1S/C64H97N3O18/c1-6-7-20-29-67-62(80)57-54(76)39-64(81)38-51(74)34-49(72)32-47(70)30-46(69)31-48(71)33-50(73)36-56(77)84-61(41(3)23-28-45(68)35-53(75)43-24-26-44(66-5)27-25-43)40(2)21-18-16-14-12-10-8-9-11-13-15-17-19-22-52(37-55(57)85-64)83-63-60(79)58(65)59(78)42(4)82-63/h8-19,21-22,24-27,40-42,45-47,49-52,54-55,57-61,63,66,68-70,72-74,76,78-79,81H,6-7,20,23,28-39,65H2,1-5H3,(H,67,80)/b9-8-,12-10-,13-11+,16-14+,17-15+,21-18+,22-19+/t40?,41?,42-,45?,46?,47?,49?,50?,51?,52?,54?,55?,57?,58+,59-,60+,61?,63+,64?/m1/s1. The van der Waals surface area contributed by atoms with E-state index in [1.54, 1.807) is 117 Å². The number of ether oxygens (including phenoxy) is 4. The zero-order chi connectivity index (χ0) is 62.6. The highest BCUT2D eigenvalue weighted by molar-refractivity contribution is 5.96. The third kappa shape index (κ3) is 26.0. The fourth-order valence-electron chi connectivity index (χ4n) is 10.8. The monoisotopic (exact) mass is 1200 g/mol. The van der Waals surface area contributed by atoms with Crippen LogP contribution in [-0.2, 0) is 33.3 Å². The average Bonchev–Trinajstić information content (AvgIpc) is 2.29. The number of aliphatic hydroxyl groups excluding tert-OH is 9. The number of nitrogens with two attached hydrogens (primary N) is 1. The van der Waals surface area contributed by atoms with Crippen molar-refractivity contribution in [2.24, 2.45) is 23.5 Å². The van der Waals surface area contributed by atoms with Gasteiger partial charge in [0.05, 0.1) is 85.5 Å². The van der Waals surface area contributed by atoms with Crippen LogP contribution in [0, 0.1) is 17.8 Å². The summed E-state index contributed by atoms with van der Waals surface area (Å²) in [4.78, 5) is 53.2. The lowest BCUT2D eigenvalue weighted by atomic mass is 9.82. The Labute approximate surface area is 500 Å². The molecule has 2 bridgehead atoms. The molecule has 0 spiro atoms. The number of ketones is 2. The summed E-state index contributed by atoms with van der Waals surface area (Å²) in [6.45, 7) is 7.59. The molecule has 0 aliphatic carbocycles. The molecular weight excluding hydrogens is 1100 g/mol. The molecule has 4 rings (SSSR count). The molecule has 3 aliphatic heterocycles. The van der Waals surface area contributed by atoms with Crippen molar-refractivity contribution in [1.82, 2.24) is 5.32 Å². The minimum absolute atomic E-state index is 0.101. The summed E-state index contributed by atoms with van der Waals surface area (Å²) in [6, 6.07) is 5.79. The van der Waals surface area contributed by atoms with Crippen molar-refractivity contribution in [2.75, 3.05) is 18.9 Å². The Morgan fingerprint density at radius 3 is 1.92 bits per heavy atom. The number of allylic oxidation sites excluding steroid dienone is 12. The normalized spacial score (nSPS) is 36.5. The number of fused-ring (bicyclic) bond motifs is 2. The van der Waals surface area contributed by atoms with Crippen LogP contribution in [0.4, 0.5) is 5.69 Å². The number of hydrogen-bond donors (Lipinski definition) is 13. The van der Waals surface area contributed by atoms with E-state index < -0.39 is 160 Å². The number of anilines is 1. The third-order valence-electron chi connectivity index (χ3n) is 15.5. The lowest BCUT2D eigenvalue weighted by Gasteiger charge is -2.46. The number of hydrogen-bond acceptors (Lipinski definition) is 20. The van der Waals surface area contributed by atoms with Crippen molar-refractivity contribution in [3.8, 4) is 0 Å². The van der Waals surface area contributed by atoms with Crippen molar-refractivity contribution in [3.63, 3.8) is 0 Å². The van der Waals surface area contributed by atoms with E-state index in [2.05, 4.69) is 10.6 Å². The van der Waals surface area contributed by atoms with Crippen molar-refractivity contribution in [1.29, 1.82) is 0 Å². The predicted molar refractivity (Wildman–Crippen MR) is 320 cm³/mol. The van der Waals surface area contributed by atoms with Gasteiger partial charge in [-0.25, -0.2) is 0 Å². The van der Waals surface area contributed by atoms with Gasteiger partial charge < -0.3 is 86.4 Å². The summed E-state index contributed by atoms with van der Waals surface area (Å²) >= 11 is 0. The quantitative estimate of drug-likeness (QED) is 0.0671. The zero-order valence-electron chi connectivity index (χ0n) is 49.9. The molecule has 19 atom stereocenters. The minimum atomic E-state index is -2.27. The second-order valence-electron chi connectivity index (χ2n) is 23.1. The molecule has 21 nitrogen and oxygen atoms in total. The number of unbranched alkanes of at least 4 members (excludes halogenated alkanes) is 2. The number of amides is 1. The zero-order valence-corrected chi connectivity index (χ0v) is 49.9. The molecule has 1 aromatic carbocycles. The van der Waals surface area contributed by atoms with Crippen LogP contribution in [0.1, 0.15) is 134 Å². The summed E-state index contributed by atoms with van der Waals surface area (Å²) in [5.74, 6) is -6.37. The van der Waals surface area contributed by atoms with Gasteiger partial charge in [0.15, 0.2) is 17.9 Å². The predicted octanol–water partition coefficient (Wildman–Crippen LogP) is 3.97. The number of rotatable bonds is 15. The molecule has 21 heteroatoms. The first-order valence-corrected chi connectivity index (χ1v) is 30.0. The molecule has 476 valence electrons. The molecule has 1 amide bonds. The van der Waals surface area contributed by atoms with Crippen LogP contribution in [0.25, 0.3) is 0 Å². The van der Waals surface area contributed by atoms with Crippen LogP contribution in [0.5, 0.6) is 0 Å². The molecule has 14 unspecified atom stereocenters. The fourth-order valence-corrected chi connectivity index (χ4v) is 10.8. The van der Waals surface area contributed by atoms with Crippen molar-refractivity contribution in [2.45, 2.75) is 221 Å². The SMILES string of the molecule is CCCCCNC(=O)C1C(O)CC2(O)CC(O)CC(O)CC(O)CC(O)CC(=O)CC(O)CC(=O)OC(C(C)CCC(O)CC(=O)c3ccc(NC)cc3)C(C)/C=C/C=C/C=C\C=C/C=C/C=C/C=C/C(O[C@@H]3O[C@H](C)[C@@H](O)[C@H](N)[C@@H]3O)CC1O2. The molecule has 0 radical (unpaired) electrons. The smallest absolute Gasteiger partial charge is 0.308 e. The number of Topliss-reactive ketones (excluding diaryl/α,β-unsaturated/α-hetero) is 2. The van der Waals surface area contributed by atoms with Crippen molar-refractivity contribution >= 4 is 29.1 Å². The number of benzene rings is 1. The molecular formula is C64H97N3O18. The molecule has 3 heterocycles. The maximum atomic E-state index is 13.8. The van der Waals surface area contributed by atoms with Gasteiger partial charge >= 0.3 is 5.97 Å².